The normalized spacial score (nSPS) is 12.1. The highest BCUT2D eigenvalue weighted by Gasteiger charge is 2.10. The Balaban J connectivity index is 0.00000385. The Morgan fingerprint density at radius 2 is 2.03 bits per heavy atom. The van der Waals surface area contributed by atoms with Gasteiger partial charge in [-0.15, -0.1) is 24.0 Å². The third-order valence-corrected chi connectivity index (χ3v) is 4.87. The zero-order valence-electron chi connectivity index (χ0n) is 19.7. The molecule has 3 aromatic rings. The molecule has 0 spiro atoms. The van der Waals surface area contributed by atoms with E-state index in [2.05, 4.69) is 64.7 Å². The lowest BCUT2D eigenvalue weighted by molar-refractivity contribution is 0.215. The molecule has 8 nitrogen and oxygen atoms in total. The summed E-state index contributed by atoms with van der Waals surface area (Å²) in [6.45, 7) is 10.2. The second-order valence-electron chi connectivity index (χ2n) is 7.55. The highest BCUT2D eigenvalue weighted by Crippen LogP contribution is 2.23. The van der Waals surface area contributed by atoms with E-state index >= 15 is 0 Å². The molecule has 3 rings (SSSR count). The van der Waals surface area contributed by atoms with Crippen molar-refractivity contribution in [3.63, 3.8) is 0 Å². The van der Waals surface area contributed by atoms with Gasteiger partial charge in [-0.05, 0) is 51.0 Å². The number of aryl methyl sites for hydroxylation is 1. The molecule has 0 fully saturated rings. The molecule has 1 aromatic carbocycles. The summed E-state index contributed by atoms with van der Waals surface area (Å²) < 4.78 is 11.4. The van der Waals surface area contributed by atoms with Crippen LogP contribution in [0.2, 0.25) is 0 Å². The molecule has 0 aliphatic rings. The number of aromatic nitrogens is 3. The average molecular weight is 564 g/mol. The summed E-state index contributed by atoms with van der Waals surface area (Å²) in [4.78, 5) is 13.4. The van der Waals surface area contributed by atoms with Gasteiger partial charge in [0, 0.05) is 31.3 Å². The molecule has 0 aliphatic heterocycles. The molecule has 0 radical (unpaired) electrons. The number of pyridine rings is 1. The van der Waals surface area contributed by atoms with Gasteiger partial charge in [0.1, 0.15) is 11.4 Å². The molecule has 1 atom stereocenters. The zero-order valence-corrected chi connectivity index (χ0v) is 22.0. The first-order valence-electron chi connectivity index (χ1n) is 11.1. The van der Waals surface area contributed by atoms with E-state index in [4.69, 9.17) is 14.3 Å². The summed E-state index contributed by atoms with van der Waals surface area (Å²) >= 11 is 0. The van der Waals surface area contributed by atoms with Crippen LogP contribution in [-0.2, 0) is 13.0 Å². The minimum absolute atomic E-state index is 0. The van der Waals surface area contributed by atoms with Crippen LogP contribution < -0.4 is 15.4 Å². The number of rotatable bonds is 10. The molecule has 0 bridgehead atoms. The molecular weight excluding hydrogens is 531 g/mol. The number of nitrogens with zero attached hydrogens (tertiary/aromatic N) is 4. The monoisotopic (exact) mass is 564 g/mol. The average Bonchev–Trinajstić information content (AvgIpc) is 3.28. The number of ether oxygens (including phenoxy) is 1. The molecule has 0 amide bonds. The van der Waals surface area contributed by atoms with Gasteiger partial charge < -0.3 is 19.9 Å². The maximum absolute atomic E-state index is 6.10. The van der Waals surface area contributed by atoms with E-state index in [9.17, 15) is 0 Å². The van der Waals surface area contributed by atoms with Crippen LogP contribution >= 0.6 is 24.0 Å². The van der Waals surface area contributed by atoms with Crippen LogP contribution in [0.4, 0.5) is 0 Å². The quantitative estimate of drug-likeness (QED) is 0.212. The Hall–Kier alpha value is -2.69. The maximum atomic E-state index is 6.10. The van der Waals surface area contributed by atoms with E-state index in [1.165, 1.54) is 5.56 Å². The first-order valence-corrected chi connectivity index (χ1v) is 11.1. The van der Waals surface area contributed by atoms with Crippen LogP contribution in [0, 0.1) is 6.92 Å². The molecule has 1 unspecified atom stereocenters. The first-order chi connectivity index (χ1) is 15.6. The second-order valence-corrected chi connectivity index (χ2v) is 7.55. The number of benzene rings is 1. The summed E-state index contributed by atoms with van der Waals surface area (Å²) in [5, 5.41) is 10.7. The van der Waals surface area contributed by atoms with Gasteiger partial charge in [0.05, 0.1) is 12.6 Å². The number of guanidine groups is 1. The Morgan fingerprint density at radius 3 is 2.76 bits per heavy atom. The van der Waals surface area contributed by atoms with Crippen molar-refractivity contribution >= 4 is 29.9 Å². The van der Waals surface area contributed by atoms with Gasteiger partial charge in [0.15, 0.2) is 11.8 Å². The van der Waals surface area contributed by atoms with Crippen molar-refractivity contribution in [3.8, 4) is 17.3 Å². The summed E-state index contributed by atoms with van der Waals surface area (Å²) in [6, 6.07) is 11.8. The summed E-state index contributed by atoms with van der Waals surface area (Å²) in [7, 11) is 0. The predicted octanol–water partition coefficient (Wildman–Crippen LogP) is 4.53. The van der Waals surface area contributed by atoms with Gasteiger partial charge in [0.25, 0.3) is 5.89 Å². The zero-order chi connectivity index (χ0) is 22.8. The van der Waals surface area contributed by atoms with Gasteiger partial charge >= 0.3 is 0 Å². The number of aliphatic imine (C=N–C) groups is 1. The van der Waals surface area contributed by atoms with Crippen molar-refractivity contribution in [1.29, 1.82) is 0 Å². The van der Waals surface area contributed by atoms with Crippen molar-refractivity contribution in [2.45, 2.75) is 53.2 Å². The summed E-state index contributed by atoms with van der Waals surface area (Å²) in [6.07, 6.45) is 3.43. The van der Waals surface area contributed by atoms with Crippen molar-refractivity contribution < 1.29 is 9.26 Å². The lowest BCUT2D eigenvalue weighted by atomic mass is 10.1. The molecule has 9 heteroatoms. The highest BCUT2D eigenvalue weighted by molar-refractivity contribution is 14.0. The second kappa shape index (κ2) is 13.8. The molecule has 2 N–H and O–H groups in total. The fraction of sp³-hybridized carbons (Fsp3) is 0.417. The van der Waals surface area contributed by atoms with Crippen LogP contribution in [0.1, 0.15) is 44.1 Å². The van der Waals surface area contributed by atoms with Crippen molar-refractivity contribution in [2.75, 3.05) is 13.1 Å². The minimum Gasteiger partial charge on any atom is -0.490 e. The third-order valence-electron chi connectivity index (χ3n) is 4.87. The molecule has 2 heterocycles. The minimum atomic E-state index is 0. The Kier molecular flexibility index (Phi) is 11.1. The van der Waals surface area contributed by atoms with Crippen LogP contribution in [0.3, 0.4) is 0 Å². The van der Waals surface area contributed by atoms with E-state index in [1.807, 2.05) is 25.1 Å². The van der Waals surface area contributed by atoms with Gasteiger partial charge in [-0.2, -0.15) is 4.98 Å². The highest BCUT2D eigenvalue weighted by atomic mass is 127. The van der Waals surface area contributed by atoms with E-state index in [-0.39, 0.29) is 30.1 Å². The van der Waals surface area contributed by atoms with E-state index in [0.29, 0.717) is 36.9 Å². The van der Waals surface area contributed by atoms with Crippen molar-refractivity contribution in [1.82, 2.24) is 25.8 Å². The standard InChI is InChI=1S/C24H32N6O2.HI/c1-5-18(4)31-21-15-17(3)10-11-19(21)16-28-24(25-6-2)27-14-12-22-29-23(32-30-22)20-9-7-8-13-26-20;/h7-11,13,15,18H,5-6,12,14,16H2,1-4H3,(H2,25,27,28);1H. The SMILES string of the molecule is CCNC(=NCc1ccc(C)cc1OC(C)CC)NCCc1noc(-c2ccccn2)n1.I. The van der Waals surface area contributed by atoms with Crippen molar-refractivity contribution in [3.05, 3.63) is 59.5 Å². The first kappa shape index (κ1) is 26.6. The Bertz CT molecular complexity index is 1010. The molecule has 0 saturated carbocycles. The topological polar surface area (TPSA) is 97.5 Å². The predicted molar refractivity (Wildman–Crippen MR) is 141 cm³/mol. The Morgan fingerprint density at radius 1 is 1.18 bits per heavy atom. The fourth-order valence-corrected chi connectivity index (χ4v) is 2.95. The van der Waals surface area contributed by atoms with E-state index < -0.39 is 0 Å². The lowest BCUT2D eigenvalue weighted by Crippen LogP contribution is -2.38. The van der Waals surface area contributed by atoms with Gasteiger partial charge in [-0.25, -0.2) is 4.99 Å². The van der Waals surface area contributed by atoms with E-state index in [0.717, 1.165) is 30.2 Å². The lowest BCUT2D eigenvalue weighted by Gasteiger charge is -2.17. The third kappa shape index (κ3) is 8.30. The molecule has 0 aliphatic carbocycles. The van der Waals surface area contributed by atoms with Crippen molar-refractivity contribution in [2.24, 2.45) is 4.99 Å². The van der Waals surface area contributed by atoms with Crippen LogP contribution in [-0.4, -0.2) is 40.3 Å². The largest absolute Gasteiger partial charge is 0.490 e. The molecular formula is C24H33IN6O2. The maximum Gasteiger partial charge on any atom is 0.276 e. The van der Waals surface area contributed by atoms with Crippen LogP contribution in [0.5, 0.6) is 5.75 Å². The molecule has 2 aromatic heterocycles. The number of hydrogen-bond donors (Lipinski definition) is 2. The fourth-order valence-electron chi connectivity index (χ4n) is 2.95. The van der Waals surface area contributed by atoms with Crippen LogP contribution in [0.25, 0.3) is 11.6 Å². The summed E-state index contributed by atoms with van der Waals surface area (Å²) in [5.74, 6) is 2.68. The smallest absolute Gasteiger partial charge is 0.276 e. The molecule has 0 saturated heterocycles. The molecule has 178 valence electrons. The number of nitrogens with one attached hydrogen (secondary N) is 2. The number of hydrogen-bond acceptors (Lipinski definition) is 6. The van der Waals surface area contributed by atoms with E-state index in [1.54, 1.807) is 6.20 Å². The van der Waals surface area contributed by atoms with Gasteiger partial charge in [-0.3, -0.25) is 4.98 Å². The van der Waals surface area contributed by atoms with Gasteiger partial charge in [-0.1, -0.05) is 30.3 Å². The van der Waals surface area contributed by atoms with Gasteiger partial charge in [0.2, 0.25) is 0 Å². The van der Waals surface area contributed by atoms with Crippen LogP contribution in [0.15, 0.2) is 52.1 Å². The molecule has 33 heavy (non-hydrogen) atoms. The number of halogens is 1. The Labute approximate surface area is 212 Å². The summed E-state index contributed by atoms with van der Waals surface area (Å²) in [5.41, 5.74) is 2.90.